The fraction of sp³-hybridized carbons (Fsp3) is 0.353. The van der Waals surface area contributed by atoms with Gasteiger partial charge in [0.2, 0.25) is 5.91 Å². The van der Waals surface area contributed by atoms with Crippen molar-refractivity contribution in [3.8, 4) is 0 Å². The van der Waals surface area contributed by atoms with Crippen molar-refractivity contribution < 1.29 is 9.18 Å². The number of nitrogens with zero attached hydrogens (tertiary/aromatic N) is 2. The molecule has 2 N–H and O–H groups in total. The Balaban J connectivity index is 1.83. The first-order valence-corrected chi connectivity index (χ1v) is 7.48. The van der Waals surface area contributed by atoms with Crippen LogP contribution in [0.1, 0.15) is 26.3 Å². The molecule has 23 heavy (non-hydrogen) atoms. The van der Waals surface area contributed by atoms with Gasteiger partial charge in [0, 0.05) is 12.0 Å². The van der Waals surface area contributed by atoms with Gasteiger partial charge in [-0.1, -0.05) is 32.9 Å². The highest BCUT2D eigenvalue weighted by molar-refractivity contribution is 5.93. The minimum absolute atomic E-state index is 0.108. The summed E-state index contributed by atoms with van der Waals surface area (Å²) in [5.41, 5.74) is 0.564. The molecule has 0 aliphatic carbocycles. The molecule has 2 rings (SSSR count). The van der Waals surface area contributed by atoms with Gasteiger partial charge in [-0.2, -0.15) is 0 Å². The van der Waals surface area contributed by atoms with Gasteiger partial charge in [-0.15, -0.1) is 10.2 Å². The second-order valence-electron chi connectivity index (χ2n) is 6.31. The molecular formula is C17H21FN4O. The predicted molar refractivity (Wildman–Crippen MR) is 88.7 cm³/mol. The Kier molecular flexibility index (Phi) is 5.26. The third-order valence-corrected chi connectivity index (χ3v) is 3.22. The maximum absolute atomic E-state index is 12.8. The predicted octanol–water partition coefficient (Wildman–Crippen LogP) is 3.25. The van der Waals surface area contributed by atoms with Crippen molar-refractivity contribution in [2.24, 2.45) is 5.41 Å². The molecule has 0 bridgehead atoms. The first kappa shape index (κ1) is 16.9. The highest BCUT2D eigenvalue weighted by Gasteiger charge is 2.21. The molecule has 0 radical (unpaired) electrons. The molecule has 0 saturated carbocycles. The maximum atomic E-state index is 12.8. The van der Waals surface area contributed by atoms with Gasteiger partial charge in [-0.3, -0.25) is 4.79 Å². The summed E-state index contributed by atoms with van der Waals surface area (Å²) in [7, 11) is 0. The van der Waals surface area contributed by atoms with E-state index < -0.39 is 5.41 Å². The summed E-state index contributed by atoms with van der Waals surface area (Å²) in [6.45, 7) is 6.16. The van der Waals surface area contributed by atoms with E-state index >= 15 is 0 Å². The van der Waals surface area contributed by atoms with Crippen LogP contribution in [0.25, 0.3) is 0 Å². The number of hydrogen-bond donors (Lipinski definition) is 2. The molecule has 1 heterocycles. The number of halogens is 1. The third-order valence-electron chi connectivity index (χ3n) is 3.22. The van der Waals surface area contributed by atoms with E-state index in [-0.39, 0.29) is 11.7 Å². The number of hydrogen-bond acceptors (Lipinski definition) is 4. The molecule has 0 spiro atoms. The van der Waals surface area contributed by atoms with E-state index in [1.165, 1.54) is 12.1 Å². The lowest BCUT2D eigenvalue weighted by molar-refractivity contribution is -0.123. The average molecular weight is 316 g/mol. The number of carbonyl (C=O) groups is 1. The lowest BCUT2D eigenvalue weighted by Gasteiger charge is -2.16. The molecule has 0 atom stereocenters. The number of nitrogens with one attached hydrogen (secondary N) is 2. The minimum atomic E-state index is -0.478. The zero-order valence-corrected chi connectivity index (χ0v) is 13.6. The molecule has 1 aromatic carbocycles. The summed E-state index contributed by atoms with van der Waals surface area (Å²) in [4.78, 5) is 11.9. The first-order chi connectivity index (χ1) is 10.8. The number of carbonyl (C=O) groups excluding carboxylic acids is 1. The fourth-order valence-electron chi connectivity index (χ4n) is 1.78. The van der Waals surface area contributed by atoms with Gasteiger partial charge in [-0.25, -0.2) is 4.39 Å². The monoisotopic (exact) mass is 316 g/mol. The molecule has 0 aliphatic heterocycles. The van der Waals surface area contributed by atoms with Crippen LogP contribution in [0.4, 0.5) is 16.0 Å². The van der Waals surface area contributed by atoms with Crippen LogP contribution >= 0.6 is 0 Å². The van der Waals surface area contributed by atoms with Gasteiger partial charge >= 0.3 is 0 Å². The highest BCUT2D eigenvalue weighted by Crippen LogP contribution is 2.16. The van der Waals surface area contributed by atoms with E-state index in [4.69, 9.17) is 0 Å². The SMILES string of the molecule is CC(C)(C)C(=O)Nc1ccc(NCCc2ccc(F)cc2)nn1. The Labute approximate surface area is 135 Å². The number of benzene rings is 1. The van der Waals surface area contributed by atoms with Crippen molar-refractivity contribution in [3.05, 3.63) is 47.8 Å². The molecule has 5 nitrogen and oxygen atoms in total. The molecule has 0 aliphatic rings. The largest absolute Gasteiger partial charge is 0.368 e. The van der Waals surface area contributed by atoms with E-state index in [2.05, 4.69) is 20.8 Å². The quantitative estimate of drug-likeness (QED) is 0.888. The molecule has 0 saturated heterocycles. The third kappa shape index (κ3) is 5.32. The van der Waals surface area contributed by atoms with Crippen LogP contribution in [-0.4, -0.2) is 22.6 Å². The topological polar surface area (TPSA) is 66.9 Å². The molecule has 0 fully saturated rings. The van der Waals surface area contributed by atoms with Crippen LogP contribution in [0.2, 0.25) is 0 Å². The summed E-state index contributed by atoms with van der Waals surface area (Å²) in [5, 5.41) is 13.9. The van der Waals surface area contributed by atoms with Gasteiger partial charge in [0.1, 0.15) is 11.6 Å². The lowest BCUT2D eigenvalue weighted by Crippen LogP contribution is -2.28. The van der Waals surface area contributed by atoms with Gasteiger partial charge in [-0.05, 0) is 36.2 Å². The van der Waals surface area contributed by atoms with Crippen molar-refractivity contribution in [1.29, 1.82) is 0 Å². The fourth-order valence-corrected chi connectivity index (χ4v) is 1.78. The summed E-state index contributed by atoms with van der Waals surface area (Å²) in [6.07, 6.45) is 0.754. The zero-order valence-electron chi connectivity index (χ0n) is 13.6. The van der Waals surface area contributed by atoms with Crippen molar-refractivity contribution >= 4 is 17.5 Å². The highest BCUT2D eigenvalue weighted by atomic mass is 19.1. The molecule has 2 aromatic rings. The van der Waals surface area contributed by atoms with E-state index in [0.29, 0.717) is 18.2 Å². The Morgan fingerprint density at radius 2 is 1.65 bits per heavy atom. The molecular weight excluding hydrogens is 295 g/mol. The summed E-state index contributed by atoms with van der Waals surface area (Å²) >= 11 is 0. The first-order valence-electron chi connectivity index (χ1n) is 7.48. The van der Waals surface area contributed by atoms with Gasteiger partial charge in [0.25, 0.3) is 0 Å². The zero-order chi connectivity index (χ0) is 16.9. The second kappa shape index (κ2) is 7.17. The molecule has 6 heteroatoms. The van der Waals surface area contributed by atoms with Crippen LogP contribution in [0.15, 0.2) is 36.4 Å². The normalized spacial score (nSPS) is 11.1. The van der Waals surface area contributed by atoms with Gasteiger partial charge in [0.15, 0.2) is 5.82 Å². The summed E-state index contributed by atoms with van der Waals surface area (Å²) < 4.78 is 12.8. The summed E-state index contributed by atoms with van der Waals surface area (Å²) in [5.74, 6) is 0.708. The van der Waals surface area contributed by atoms with Crippen molar-refractivity contribution in [2.45, 2.75) is 27.2 Å². The van der Waals surface area contributed by atoms with Crippen LogP contribution in [-0.2, 0) is 11.2 Å². The van der Waals surface area contributed by atoms with Crippen LogP contribution in [0, 0.1) is 11.2 Å². The standard InChI is InChI=1S/C17H21FN4O/c1-17(2,3)16(23)20-15-9-8-14(21-22-15)19-11-10-12-4-6-13(18)7-5-12/h4-9H,10-11H2,1-3H3,(H,19,21)(H,20,22,23). The Morgan fingerprint density at radius 3 is 2.22 bits per heavy atom. The van der Waals surface area contributed by atoms with Crippen molar-refractivity contribution in [3.63, 3.8) is 0 Å². The molecule has 122 valence electrons. The number of anilines is 2. The van der Waals surface area contributed by atoms with E-state index in [1.807, 2.05) is 20.8 Å². The second-order valence-corrected chi connectivity index (χ2v) is 6.31. The average Bonchev–Trinajstić information content (AvgIpc) is 2.50. The van der Waals surface area contributed by atoms with Crippen LogP contribution < -0.4 is 10.6 Å². The smallest absolute Gasteiger partial charge is 0.230 e. The van der Waals surface area contributed by atoms with Crippen LogP contribution in [0.5, 0.6) is 0 Å². The summed E-state index contributed by atoms with van der Waals surface area (Å²) in [6, 6.07) is 9.87. The number of rotatable bonds is 5. The van der Waals surface area contributed by atoms with E-state index in [0.717, 1.165) is 12.0 Å². The Bertz CT molecular complexity index is 648. The Hall–Kier alpha value is -2.50. The molecule has 1 aromatic heterocycles. The van der Waals surface area contributed by atoms with Crippen LogP contribution in [0.3, 0.4) is 0 Å². The van der Waals surface area contributed by atoms with E-state index in [9.17, 15) is 9.18 Å². The van der Waals surface area contributed by atoms with Crippen molar-refractivity contribution in [1.82, 2.24) is 10.2 Å². The maximum Gasteiger partial charge on any atom is 0.230 e. The minimum Gasteiger partial charge on any atom is -0.368 e. The Morgan fingerprint density at radius 1 is 1.04 bits per heavy atom. The molecule has 0 unspecified atom stereocenters. The molecule has 1 amide bonds. The van der Waals surface area contributed by atoms with E-state index in [1.54, 1.807) is 24.3 Å². The number of aromatic nitrogens is 2. The van der Waals surface area contributed by atoms with Gasteiger partial charge in [0.05, 0.1) is 0 Å². The van der Waals surface area contributed by atoms with Crippen molar-refractivity contribution in [2.75, 3.05) is 17.2 Å². The van der Waals surface area contributed by atoms with Gasteiger partial charge < -0.3 is 10.6 Å². The number of amides is 1. The lowest BCUT2D eigenvalue weighted by atomic mass is 9.96.